The molecule has 7 nitrogen and oxygen atoms in total. The molecule has 22 heavy (non-hydrogen) atoms. The van der Waals surface area contributed by atoms with E-state index in [9.17, 15) is 15.2 Å². The van der Waals surface area contributed by atoms with Gasteiger partial charge in [-0.3, -0.25) is 0 Å². The van der Waals surface area contributed by atoms with Gasteiger partial charge in [0.25, 0.3) is 0 Å². The number of carbonyl (C=O) groups is 1. The van der Waals surface area contributed by atoms with E-state index in [0.717, 1.165) is 5.56 Å². The molecule has 0 radical (unpaired) electrons. The molecule has 1 amide bonds. The van der Waals surface area contributed by atoms with Gasteiger partial charge < -0.3 is 19.6 Å². The van der Waals surface area contributed by atoms with Crippen LogP contribution in [0.25, 0.3) is 0 Å². The van der Waals surface area contributed by atoms with Gasteiger partial charge in [-0.15, -0.1) is 0 Å². The zero-order chi connectivity index (χ0) is 16.0. The summed E-state index contributed by atoms with van der Waals surface area (Å²) in [6.45, 7) is -0.175. The highest BCUT2D eigenvalue weighted by atomic mass is 16.6. The number of hydrogen-bond acceptors (Lipinski definition) is 6. The fourth-order valence-electron chi connectivity index (χ4n) is 2.25. The number of benzene rings is 1. The zero-order valence-corrected chi connectivity index (χ0v) is 12.2. The predicted octanol–water partition coefficient (Wildman–Crippen LogP) is 1.14. The second-order valence-corrected chi connectivity index (χ2v) is 4.97. The summed E-state index contributed by atoms with van der Waals surface area (Å²) in [5, 5.41) is 22.5. The predicted molar refractivity (Wildman–Crippen MR) is 77.8 cm³/mol. The third-order valence-corrected chi connectivity index (χ3v) is 3.50. The number of aliphatic hydroxyl groups is 1. The third kappa shape index (κ3) is 3.18. The van der Waals surface area contributed by atoms with Crippen LogP contribution in [-0.4, -0.2) is 48.6 Å². The third-order valence-electron chi connectivity index (χ3n) is 3.50. The Morgan fingerprint density at radius 1 is 1.50 bits per heavy atom. The number of carbonyl (C=O) groups excluding carboxylic acids is 1. The lowest BCUT2D eigenvalue weighted by Crippen LogP contribution is -2.35. The Kier molecular flexibility index (Phi) is 4.96. The number of aliphatic hydroxyl groups excluding tert-OH is 1. The van der Waals surface area contributed by atoms with Crippen molar-refractivity contribution in [3.05, 3.63) is 35.9 Å². The fraction of sp³-hybridized carbons (Fsp3) is 0.400. The molecule has 1 atom stereocenters. The Bertz CT molecular complexity index is 597. The SMILES string of the molecule is CO/N=C1/CN(C(=O)OCc2ccccc2)CC1(C#N)CO. The molecule has 1 N–H and O–H groups in total. The Hall–Kier alpha value is -2.59. The molecular formula is C15H17N3O4. The first-order valence-electron chi connectivity index (χ1n) is 6.73. The van der Waals surface area contributed by atoms with Gasteiger partial charge >= 0.3 is 6.09 Å². The van der Waals surface area contributed by atoms with Crippen LogP contribution in [0.2, 0.25) is 0 Å². The number of rotatable bonds is 4. The van der Waals surface area contributed by atoms with Crippen LogP contribution < -0.4 is 0 Å². The van der Waals surface area contributed by atoms with Gasteiger partial charge in [0, 0.05) is 0 Å². The Balaban J connectivity index is 2.03. The summed E-state index contributed by atoms with van der Waals surface area (Å²) in [4.78, 5) is 18.1. The van der Waals surface area contributed by atoms with E-state index in [4.69, 9.17) is 4.74 Å². The molecule has 0 aromatic heterocycles. The minimum Gasteiger partial charge on any atom is -0.445 e. The smallest absolute Gasteiger partial charge is 0.410 e. The maximum atomic E-state index is 12.1. The highest BCUT2D eigenvalue weighted by Gasteiger charge is 2.47. The summed E-state index contributed by atoms with van der Waals surface area (Å²) in [7, 11) is 1.35. The number of ether oxygens (including phenoxy) is 1. The highest BCUT2D eigenvalue weighted by molar-refractivity contribution is 5.98. The van der Waals surface area contributed by atoms with E-state index in [1.165, 1.54) is 12.0 Å². The summed E-state index contributed by atoms with van der Waals surface area (Å²) in [6.07, 6.45) is -0.557. The molecule has 0 aliphatic carbocycles. The molecule has 1 aromatic carbocycles. The highest BCUT2D eigenvalue weighted by Crippen LogP contribution is 2.28. The van der Waals surface area contributed by atoms with E-state index >= 15 is 0 Å². The van der Waals surface area contributed by atoms with Gasteiger partial charge in [-0.25, -0.2) is 4.79 Å². The molecule has 1 fully saturated rings. The van der Waals surface area contributed by atoms with E-state index in [0.29, 0.717) is 5.71 Å². The molecule has 0 bridgehead atoms. The molecule has 1 aliphatic heterocycles. The van der Waals surface area contributed by atoms with E-state index < -0.39 is 18.1 Å². The van der Waals surface area contributed by atoms with Crippen LogP contribution in [0.3, 0.4) is 0 Å². The zero-order valence-electron chi connectivity index (χ0n) is 12.2. The normalized spacial score (nSPS) is 22.4. The Labute approximate surface area is 128 Å². The second kappa shape index (κ2) is 6.91. The lowest BCUT2D eigenvalue weighted by Gasteiger charge is -2.18. The number of nitriles is 1. The van der Waals surface area contributed by atoms with Crippen LogP contribution in [0.15, 0.2) is 35.5 Å². The Morgan fingerprint density at radius 2 is 2.23 bits per heavy atom. The molecule has 1 heterocycles. The maximum absolute atomic E-state index is 12.1. The lowest BCUT2D eigenvalue weighted by molar-refractivity contribution is 0.0980. The maximum Gasteiger partial charge on any atom is 0.410 e. The summed E-state index contributed by atoms with van der Waals surface area (Å²) in [5.41, 5.74) is -0.0481. The number of likely N-dealkylation sites (tertiary alicyclic amines) is 1. The van der Waals surface area contributed by atoms with E-state index in [1.54, 1.807) is 0 Å². The van der Waals surface area contributed by atoms with Gasteiger partial charge in [-0.1, -0.05) is 35.5 Å². The van der Waals surface area contributed by atoms with Gasteiger partial charge in [0.1, 0.15) is 24.8 Å². The molecule has 1 aromatic rings. The topological polar surface area (TPSA) is 95.1 Å². The number of oxime groups is 1. The van der Waals surface area contributed by atoms with Gasteiger partial charge in [0.05, 0.1) is 25.8 Å². The fourth-order valence-corrected chi connectivity index (χ4v) is 2.25. The van der Waals surface area contributed by atoms with Crippen molar-refractivity contribution < 1.29 is 19.5 Å². The van der Waals surface area contributed by atoms with Crippen molar-refractivity contribution in [2.75, 3.05) is 26.8 Å². The van der Waals surface area contributed by atoms with Crippen molar-refractivity contribution in [3.63, 3.8) is 0 Å². The van der Waals surface area contributed by atoms with E-state index in [1.807, 2.05) is 36.4 Å². The van der Waals surface area contributed by atoms with Crippen molar-refractivity contribution in [1.82, 2.24) is 4.90 Å². The molecule has 7 heteroatoms. The van der Waals surface area contributed by atoms with Gasteiger partial charge in [0.15, 0.2) is 0 Å². The lowest BCUT2D eigenvalue weighted by atomic mass is 9.88. The van der Waals surface area contributed by atoms with Crippen LogP contribution in [0.4, 0.5) is 4.79 Å². The van der Waals surface area contributed by atoms with Crippen molar-refractivity contribution >= 4 is 11.8 Å². The van der Waals surface area contributed by atoms with Gasteiger partial charge in [0.2, 0.25) is 0 Å². The monoisotopic (exact) mass is 303 g/mol. The molecule has 2 rings (SSSR count). The molecule has 1 unspecified atom stereocenters. The van der Waals surface area contributed by atoms with Gasteiger partial charge in [-0.2, -0.15) is 5.26 Å². The summed E-state index contributed by atoms with van der Waals surface area (Å²) >= 11 is 0. The number of hydrogen-bond donors (Lipinski definition) is 1. The first-order valence-corrected chi connectivity index (χ1v) is 6.73. The second-order valence-electron chi connectivity index (χ2n) is 4.97. The number of nitrogens with zero attached hydrogens (tertiary/aromatic N) is 3. The molecule has 1 aliphatic rings. The van der Waals surface area contributed by atoms with Crippen molar-refractivity contribution in [2.24, 2.45) is 10.6 Å². The van der Waals surface area contributed by atoms with Gasteiger partial charge in [-0.05, 0) is 5.56 Å². The average Bonchev–Trinajstić information content (AvgIpc) is 2.93. The molecule has 1 saturated heterocycles. The number of amides is 1. The van der Waals surface area contributed by atoms with Crippen LogP contribution in [-0.2, 0) is 16.2 Å². The minimum absolute atomic E-state index is 0.0236. The largest absolute Gasteiger partial charge is 0.445 e. The first kappa shape index (κ1) is 15.8. The molecule has 116 valence electrons. The minimum atomic E-state index is -1.23. The average molecular weight is 303 g/mol. The first-order chi connectivity index (χ1) is 10.6. The molecule has 0 spiro atoms. The quantitative estimate of drug-likeness (QED) is 0.842. The Morgan fingerprint density at radius 3 is 2.82 bits per heavy atom. The standard InChI is InChI=1S/C15H17N3O4/c1-21-17-13-7-18(10-15(13,9-16)11-19)14(20)22-8-12-5-3-2-4-6-12/h2-6,19H,7-8,10-11H2,1H3/b17-13-. The van der Waals surface area contributed by atoms with Crippen molar-refractivity contribution in [2.45, 2.75) is 6.61 Å². The van der Waals surface area contributed by atoms with E-state index in [2.05, 4.69) is 9.99 Å². The summed E-state index contributed by atoms with van der Waals surface area (Å²) in [5.74, 6) is 0. The molecular weight excluding hydrogens is 286 g/mol. The van der Waals surface area contributed by atoms with Crippen LogP contribution in [0.5, 0.6) is 0 Å². The van der Waals surface area contributed by atoms with Crippen molar-refractivity contribution in [3.8, 4) is 6.07 Å². The molecule has 0 saturated carbocycles. The van der Waals surface area contributed by atoms with Crippen LogP contribution in [0.1, 0.15) is 5.56 Å². The summed E-state index contributed by atoms with van der Waals surface area (Å²) in [6, 6.07) is 11.3. The summed E-state index contributed by atoms with van der Waals surface area (Å²) < 4.78 is 5.22. The van der Waals surface area contributed by atoms with Crippen LogP contribution >= 0.6 is 0 Å². The van der Waals surface area contributed by atoms with E-state index in [-0.39, 0.29) is 19.7 Å². The van der Waals surface area contributed by atoms with Crippen LogP contribution in [0, 0.1) is 16.7 Å². The van der Waals surface area contributed by atoms with Crippen molar-refractivity contribution in [1.29, 1.82) is 5.26 Å².